The standard InChI is InChI=1S/C11H20N2S/c14-11-6-8-13-10(11)5-7-12-9-3-1-2-4-9/h9-10,12-13H,1-8H2. The largest absolute Gasteiger partial charge is 0.314 e. The first kappa shape index (κ1) is 10.5. The van der Waals surface area contributed by atoms with Gasteiger partial charge in [-0.1, -0.05) is 25.1 Å². The van der Waals surface area contributed by atoms with E-state index in [0.29, 0.717) is 6.04 Å². The van der Waals surface area contributed by atoms with E-state index in [-0.39, 0.29) is 0 Å². The van der Waals surface area contributed by atoms with Gasteiger partial charge < -0.3 is 10.6 Å². The van der Waals surface area contributed by atoms with Crippen LogP contribution in [0.3, 0.4) is 0 Å². The maximum atomic E-state index is 5.30. The number of hydrogen-bond acceptors (Lipinski definition) is 3. The van der Waals surface area contributed by atoms with E-state index in [1.165, 1.54) is 37.0 Å². The second kappa shape index (κ2) is 5.19. The summed E-state index contributed by atoms with van der Waals surface area (Å²) in [4.78, 5) is 1.23. The van der Waals surface area contributed by atoms with Crippen LogP contribution in [0.4, 0.5) is 0 Å². The molecule has 1 saturated carbocycles. The van der Waals surface area contributed by atoms with Crippen molar-refractivity contribution < 1.29 is 0 Å². The summed E-state index contributed by atoms with van der Waals surface area (Å²) in [6.07, 6.45) is 7.86. The normalized spacial score (nSPS) is 28.9. The Labute approximate surface area is 91.8 Å². The van der Waals surface area contributed by atoms with Crippen molar-refractivity contribution in [3.63, 3.8) is 0 Å². The van der Waals surface area contributed by atoms with E-state index < -0.39 is 0 Å². The summed E-state index contributed by atoms with van der Waals surface area (Å²) in [6, 6.07) is 1.31. The highest BCUT2D eigenvalue weighted by Crippen LogP contribution is 2.17. The monoisotopic (exact) mass is 212 g/mol. The van der Waals surface area contributed by atoms with Crippen molar-refractivity contribution in [1.82, 2.24) is 10.6 Å². The molecular weight excluding hydrogens is 192 g/mol. The molecule has 0 bridgehead atoms. The third-order valence-corrected chi connectivity index (χ3v) is 3.86. The molecule has 1 aliphatic carbocycles. The van der Waals surface area contributed by atoms with Crippen molar-refractivity contribution in [2.75, 3.05) is 13.1 Å². The van der Waals surface area contributed by atoms with Gasteiger partial charge in [0.05, 0.1) is 0 Å². The fourth-order valence-electron chi connectivity index (χ4n) is 2.48. The van der Waals surface area contributed by atoms with Gasteiger partial charge in [0, 0.05) is 23.5 Å². The number of thiocarbonyl (C=S) groups is 1. The van der Waals surface area contributed by atoms with Gasteiger partial charge in [0.1, 0.15) is 0 Å². The molecule has 2 aliphatic rings. The molecule has 0 radical (unpaired) electrons. The molecule has 0 spiro atoms. The molecule has 80 valence electrons. The summed E-state index contributed by atoms with van der Waals surface area (Å²) < 4.78 is 0. The summed E-state index contributed by atoms with van der Waals surface area (Å²) in [5.41, 5.74) is 0. The minimum Gasteiger partial charge on any atom is -0.314 e. The predicted molar refractivity (Wildman–Crippen MR) is 63.9 cm³/mol. The third kappa shape index (κ3) is 2.75. The Morgan fingerprint density at radius 1 is 1.36 bits per heavy atom. The van der Waals surface area contributed by atoms with Gasteiger partial charge in [-0.25, -0.2) is 0 Å². The van der Waals surface area contributed by atoms with Crippen molar-refractivity contribution in [3.05, 3.63) is 0 Å². The number of nitrogens with one attached hydrogen (secondary N) is 2. The van der Waals surface area contributed by atoms with Crippen LogP contribution in [0, 0.1) is 0 Å². The SMILES string of the molecule is S=C1CCNC1CCNC1CCCC1. The van der Waals surface area contributed by atoms with Gasteiger partial charge in [-0.05, 0) is 32.2 Å². The lowest BCUT2D eigenvalue weighted by molar-refractivity contribution is 0.497. The maximum Gasteiger partial charge on any atom is 0.0396 e. The third-order valence-electron chi connectivity index (χ3n) is 3.37. The van der Waals surface area contributed by atoms with E-state index in [1.807, 2.05) is 0 Å². The fraction of sp³-hybridized carbons (Fsp3) is 0.909. The van der Waals surface area contributed by atoms with Gasteiger partial charge in [-0.3, -0.25) is 0 Å². The summed E-state index contributed by atoms with van der Waals surface area (Å²) in [5.74, 6) is 0. The average Bonchev–Trinajstić information content (AvgIpc) is 2.78. The Kier molecular flexibility index (Phi) is 3.90. The van der Waals surface area contributed by atoms with Crippen molar-refractivity contribution in [1.29, 1.82) is 0 Å². The molecule has 1 aliphatic heterocycles. The molecular formula is C11H20N2S. The quantitative estimate of drug-likeness (QED) is 0.693. The first-order chi connectivity index (χ1) is 6.86. The van der Waals surface area contributed by atoms with Crippen LogP contribution in [0.15, 0.2) is 0 Å². The van der Waals surface area contributed by atoms with Crippen LogP contribution in [-0.2, 0) is 0 Å². The van der Waals surface area contributed by atoms with Gasteiger partial charge in [0.25, 0.3) is 0 Å². The Balaban J connectivity index is 1.60. The van der Waals surface area contributed by atoms with Crippen LogP contribution in [0.1, 0.15) is 38.5 Å². The van der Waals surface area contributed by atoms with Gasteiger partial charge in [0.15, 0.2) is 0 Å². The minimum atomic E-state index is 0.513. The Bertz CT molecular complexity index is 199. The van der Waals surface area contributed by atoms with E-state index in [2.05, 4.69) is 10.6 Å². The predicted octanol–water partition coefficient (Wildman–Crippen LogP) is 1.64. The van der Waals surface area contributed by atoms with Gasteiger partial charge in [-0.2, -0.15) is 0 Å². The van der Waals surface area contributed by atoms with Crippen LogP contribution in [0.2, 0.25) is 0 Å². The molecule has 0 aromatic rings. The van der Waals surface area contributed by atoms with Gasteiger partial charge in [-0.15, -0.1) is 0 Å². The summed E-state index contributed by atoms with van der Waals surface area (Å²) in [5, 5.41) is 7.08. The lowest BCUT2D eigenvalue weighted by Crippen LogP contribution is -2.34. The zero-order chi connectivity index (χ0) is 9.80. The minimum absolute atomic E-state index is 0.513. The molecule has 0 aromatic carbocycles. The van der Waals surface area contributed by atoms with Gasteiger partial charge in [0.2, 0.25) is 0 Å². The molecule has 2 nitrogen and oxygen atoms in total. The fourth-order valence-corrected chi connectivity index (χ4v) is 2.79. The van der Waals surface area contributed by atoms with Crippen LogP contribution in [-0.4, -0.2) is 30.0 Å². The second-order valence-corrected chi connectivity index (χ2v) is 4.97. The first-order valence-corrected chi connectivity index (χ1v) is 6.26. The van der Waals surface area contributed by atoms with E-state index in [4.69, 9.17) is 12.2 Å². The van der Waals surface area contributed by atoms with Crippen LogP contribution >= 0.6 is 12.2 Å². The molecule has 1 atom stereocenters. The Morgan fingerprint density at radius 2 is 2.14 bits per heavy atom. The number of rotatable bonds is 4. The lowest BCUT2D eigenvalue weighted by Gasteiger charge is -2.14. The molecule has 0 aromatic heterocycles. The topological polar surface area (TPSA) is 24.1 Å². The zero-order valence-electron chi connectivity index (χ0n) is 8.72. The highest BCUT2D eigenvalue weighted by atomic mass is 32.1. The van der Waals surface area contributed by atoms with Crippen LogP contribution in [0.5, 0.6) is 0 Å². The Hall–Kier alpha value is 0.0100. The highest BCUT2D eigenvalue weighted by Gasteiger charge is 2.20. The van der Waals surface area contributed by atoms with Crippen molar-refractivity contribution >= 4 is 17.1 Å². The Morgan fingerprint density at radius 3 is 2.79 bits per heavy atom. The van der Waals surface area contributed by atoms with E-state index in [1.54, 1.807) is 0 Å². The molecule has 2 N–H and O–H groups in total. The molecule has 3 heteroatoms. The zero-order valence-corrected chi connectivity index (χ0v) is 9.54. The van der Waals surface area contributed by atoms with Crippen molar-refractivity contribution in [2.24, 2.45) is 0 Å². The summed E-state index contributed by atoms with van der Waals surface area (Å²) >= 11 is 5.30. The first-order valence-electron chi connectivity index (χ1n) is 5.86. The summed E-state index contributed by atoms with van der Waals surface area (Å²) in [6.45, 7) is 2.22. The summed E-state index contributed by atoms with van der Waals surface area (Å²) in [7, 11) is 0. The van der Waals surface area contributed by atoms with E-state index in [0.717, 1.165) is 25.6 Å². The molecule has 14 heavy (non-hydrogen) atoms. The smallest absolute Gasteiger partial charge is 0.0396 e. The molecule has 2 fully saturated rings. The average molecular weight is 212 g/mol. The second-order valence-electron chi connectivity index (χ2n) is 4.45. The van der Waals surface area contributed by atoms with Crippen molar-refractivity contribution in [3.8, 4) is 0 Å². The maximum absolute atomic E-state index is 5.30. The van der Waals surface area contributed by atoms with E-state index >= 15 is 0 Å². The lowest BCUT2D eigenvalue weighted by atomic mass is 10.1. The number of hydrogen-bond donors (Lipinski definition) is 2. The van der Waals surface area contributed by atoms with Crippen molar-refractivity contribution in [2.45, 2.75) is 50.6 Å². The molecule has 1 saturated heterocycles. The van der Waals surface area contributed by atoms with Gasteiger partial charge >= 0.3 is 0 Å². The van der Waals surface area contributed by atoms with Crippen LogP contribution in [0.25, 0.3) is 0 Å². The van der Waals surface area contributed by atoms with E-state index in [9.17, 15) is 0 Å². The van der Waals surface area contributed by atoms with Crippen LogP contribution < -0.4 is 10.6 Å². The molecule has 1 unspecified atom stereocenters. The molecule has 0 amide bonds. The molecule has 2 rings (SSSR count). The highest BCUT2D eigenvalue weighted by molar-refractivity contribution is 7.80. The molecule has 1 heterocycles.